The molecule has 0 fully saturated rings. The van der Waals surface area contributed by atoms with Gasteiger partial charge in [-0.3, -0.25) is 4.79 Å². The molecule has 130 valence electrons. The minimum atomic E-state index is -0.251. The molecule has 2 aromatic carbocycles. The van der Waals surface area contributed by atoms with Crippen molar-refractivity contribution in [1.82, 2.24) is 0 Å². The molecule has 2 aromatic rings. The molecule has 0 heterocycles. The lowest BCUT2D eigenvalue weighted by Crippen LogP contribution is -2.18. The van der Waals surface area contributed by atoms with E-state index in [-0.39, 0.29) is 24.3 Å². The molecule has 0 aliphatic heterocycles. The van der Waals surface area contributed by atoms with Crippen LogP contribution in [0.4, 0.5) is 4.39 Å². The molecule has 0 saturated carbocycles. The number of benzene rings is 2. The van der Waals surface area contributed by atoms with E-state index in [4.69, 9.17) is 14.2 Å². The van der Waals surface area contributed by atoms with Crippen molar-refractivity contribution in [3.05, 3.63) is 42.2 Å². The number of hydrogen-bond acceptors (Lipinski definition) is 4. The molecule has 0 aliphatic carbocycles. The molecular weight excluding hydrogens is 311 g/mol. The number of ether oxygens (including phenoxy) is 3. The fourth-order valence-electron chi connectivity index (χ4n) is 2.12. The molecule has 2 rings (SSSR count). The number of halogens is 1. The largest absolute Gasteiger partial charge is 0.491 e. The van der Waals surface area contributed by atoms with Crippen LogP contribution in [0.2, 0.25) is 0 Å². The van der Waals surface area contributed by atoms with Gasteiger partial charge in [0.2, 0.25) is 0 Å². The van der Waals surface area contributed by atoms with Gasteiger partial charge < -0.3 is 14.2 Å². The van der Waals surface area contributed by atoms with E-state index in [9.17, 15) is 9.18 Å². The maximum Gasteiger partial charge on any atom is 0.308 e. The topological polar surface area (TPSA) is 44.8 Å². The Kier molecular flexibility index (Phi) is 7.00. The van der Waals surface area contributed by atoms with E-state index in [0.29, 0.717) is 25.6 Å². The fraction of sp³-hybridized carbons (Fsp3) is 0.421. The van der Waals surface area contributed by atoms with Gasteiger partial charge in [-0.25, -0.2) is 4.39 Å². The summed E-state index contributed by atoms with van der Waals surface area (Å²) in [5.74, 6) is 0.194. The summed E-state index contributed by atoms with van der Waals surface area (Å²) in [4.78, 5) is 11.5. The quantitative estimate of drug-likeness (QED) is 0.514. The molecule has 1 unspecified atom stereocenters. The van der Waals surface area contributed by atoms with Crippen LogP contribution in [0.15, 0.2) is 36.4 Å². The van der Waals surface area contributed by atoms with Gasteiger partial charge in [-0.15, -0.1) is 0 Å². The average molecular weight is 334 g/mol. The lowest BCUT2D eigenvalue weighted by Gasteiger charge is -2.10. The molecule has 0 aromatic heterocycles. The van der Waals surface area contributed by atoms with Gasteiger partial charge in [-0.1, -0.05) is 26.0 Å². The van der Waals surface area contributed by atoms with Gasteiger partial charge >= 0.3 is 5.97 Å². The predicted octanol–water partition coefficient (Wildman–Crippen LogP) is 3.96. The van der Waals surface area contributed by atoms with Crippen molar-refractivity contribution in [2.75, 3.05) is 26.4 Å². The Bertz CT molecular complexity index is 671. The van der Waals surface area contributed by atoms with Crippen molar-refractivity contribution in [1.29, 1.82) is 0 Å². The Balaban J connectivity index is 1.64. The third-order valence-electron chi connectivity index (χ3n) is 3.76. The van der Waals surface area contributed by atoms with Crippen molar-refractivity contribution < 1.29 is 23.4 Å². The lowest BCUT2D eigenvalue weighted by atomic mass is 10.1. The molecular formula is C19H23FO4. The van der Waals surface area contributed by atoms with Gasteiger partial charge in [0.25, 0.3) is 0 Å². The Morgan fingerprint density at radius 1 is 1.04 bits per heavy atom. The number of carbonyl (C=O) groups excluding carboxylic acids is 1. The Labute approximate surface area is 141 Å². The van der Waals surface area contributed by atoms with Crippen LogP contribution in [0, 0.1) is 11.7 Å². The Morgan fingerprint density at radius 3 is 2.54 bits per heavy atom. The summed E-state index contributed by atoms with van der Waals surface area (Å²) in [6, 6.07) is 10.1. The van der Waals surface area contributed by atoms with Gasteiger partial charge in [-0.05, 0) is 41.5 Å². The monoisotopic (exact) mass is 334 g/mol. The minimum Gasteiger partial charge on any atom is -0.491 e. The van der Waals surface area contributed by atoms with Crippen LogP contribution < -0.4 is 4.74 Å². The first-order chi connectivity index (χ1) is 11.6. The van der Waals surface area contributed by atoms with Crippen LogP contribution in [0.1, 0.15) is 20.3 Å². The summed E-state index contributed by atoms with van der Waals surface area (Å²) in [5, 5.41) is 1.76. The highest BCUT2D eigenvalue weighted by Crippen LogP contribution is 2.21. The summed E-state index contributed by atoms with van der Waals surface area (Å²) in [6.45, 7) is 5.19. The van der Waals surface area contributed by atoms with Crippen LogP contribution in [0.5, 0.6) is 5.75 Å². The molecule has 0 amide bonds. The molecule has 0 saturated heterocycles. The molecule has 0 spiro atoms. The van der Waals surface area contributed by atoms with Crippen molar-refractivity contribution in [3.63, 3.8) is 0 Å². The smallest absolute Gasteiger partial charge is 0.308 e. The van der Waals surface area contributed by atoms with Crippen molar-refractivity contribution >= 4 is 16.7 Å². The van der Waals surface area contributed by atoms with Crippen LogP contribution in [0.3, 0.4) is 0 Å². The van der Waals surface area contributed by atoms with Gasteiger partial charge in [-0.2, -0.15) is 0 Å². The van der Waals surface area contributed by atoms with E-state index < -0.39 is 0 Å². The summed E-state index contributed by atoms with van der Waals surface area (Å²) >= 11 is 0. The third kappa shape index (κ3) is 5.49. The first-order valence-corrected chi connectivity index (χ1v) is 8.16. The SMILES string of the molecule is CCC(C)C(=O)OCCOCCOc1ccc2cc(F)ccc2c1. The van der Waals surface area contributed by atoms with Crippen LogP contribution in [0.25, 0.3) is 10.8 Å². The van der Waals surface area contributed by atoms with E-state index in [0.717, 1.165) is 17.2 Å². The van der Waals surface area contributed by atoms with E-state index >= 15 is 0 Å². The first-order valence-electron chi connectivity index (χ1n) is 8.16. The average Bonchev–Trinajstić information content (AvgIpc) is 2.59. The number of carbonyl (C=O) groups is 1. The standard InChI is InChI=1S/C19H23FO4/c1-3-14(2)19(21)24-11-9-22-8-10-23-18-7-5-15-12-17(20)6-4-16(15)13-18/h4-7,12-14H,3,8-11H2,1-2H3. The second-order valence-corrected chi connectivity index (χ2v) is 5.59. The second kappa shape index (κ2) is 9.23. The maximum absolute atomic E-state index is 13.1. The summed E-state index contributed by atoms with van der Waals surface area (Å²) in [7, 11) is 0. The van der Waals surface area contributed by atoms with E-state index in [2.05, 4.69) is 0 Å². The Hall–Kier alpha value is -2.14. The first kappa shape index (κ1) is 18.2. The highest BCUT2D eigenvalue weighted by molar-refractivity contribution is 5.83. The summed E-state index contributed by atoms with van der Waals surface area (Å²) < 4.78 is 29.2. The fourth-order valence-corrected chi connectivity index (χ4v) is 2.12. The summed E-state index contributed by atoms with van der Waals surface area (Å²) in [6.07, 6.45) is 0.770. The van der Waals surface area contributed by atoms with Crippen LogP contribution >= 0.6 is 0 Å². The van der Waals surface area contributed by atoms with Crippen LogP contribution in [-0.4, -0.2) is 32.4 Å². The lowest BCUT2D eigenvalue weighted by molar-refractivity contribution is -0.149. The third-order valence-corrected chi connectivity index (χ3v) is 3.76. The predicted molar refractivity (Wildman–Crippen MR) is 90.6 cm³/mol. The zero-order valence-corrected chi connectivity index (χ0v) is 14.1. The van der Waals surface area contributed by atoms with Crippen molar-refractivity contribution in [3.8, 4) is 5.75 Å². The molecule has 5 heteroatoms. The zero-order valence-electron chi connectivity index (χ0n) is 14.1. The molecule has 1 atom stereocenters. The molecule has 0 bridgehead atoms. The maximum atomic E-state index is 13.1. The zero-order chi connectivity index (χ0) is 17.4. The number of fused-ring (bicyclic) bond motifs is 1. The number of rotatable bonds is 9. The highest BCUT2D eigenvalue weighted by atomic mass is 19.1. The van der Waals surface area contributed by atoms with Gasteiger partial charge in [0.05, 0.1) is 19.1 Å². The van der Waals surface area contributed by atoms with Crippen LogP contribution in [-0.2, 0) is 14.3 Å². The van der Waals surface area contributed by atoms with Gasteiger partial charge in [0.15, 0.2) is 0 Å². The van der Waals surface area contributed by atoms with Crippen molar-refractivity contribution in [2.24, 2.45) is 5.92 Å². The van der Waals surface area contributed by atoms with E-state index in [1.807, 2.05) is 26.0 Å². The number of hydrogen-bond donors (Lipinski definition) is 0. The normalized spacial score (nSPS) is 12.1. The molecule has 0 aliphatic rings. The van der Waals surface area contributed by atoms with Gasteiger partial charge in [0.1, 0.15) is 24.8 Å². The molecule has 0 radical (unpaired) electrons. The van der Waals surface area contributed by atoms with Crippen molar-refractivity contribution in [2.45, 2.75) is 20.3 Å². The minimum absolute atomic E-state index is 0.0743. The second-order valence-electron chi connectivity index (χ2n) is 5.59. The molecule has 0 N–H and O–H groups in total. The number of esters is 1. The highest BCUT2D eigenvalue weighted by Gasteiger charge is 2.11. The molecule has 4 nitrogen and oxygen atoms in total. The summed E-state index contributed by atoms with van der Waals surface area (Å²) in [5.41, 5.74) is 0. The Morgan fingerprint density at radius 2 is 1.75 bits per heavy atom. The van der Waals surface area contributed by atoms with Gasteiger partial charge in [0, 0.05) is 0 Å². The van der Waals surface area contributed by atoms with E-state index in [1.54, 1.807) is 12.1 Å². The molecule has 24 heavy (non-hydrogen) atoms. The van der Waals surface area contributed by atoms with E-state index in [1.165, 1.54) is 12.1 Å².